The summed E-state index contributed by atoms with van der Waals surface area (Å²) in [6.07, 6.45) is 3.17. The summed E-state index contributed by atoms with van der Waals surface area (Å²) in [4.78, 5) is 23.2. The van der Waals surface area contributed by atoms with Gasteiger partial charge in [0.05, 0.1) is 12.4 Å². The lowest BCUT2D eigenvalue weighted by molar-refractivity contribution is 0.0945. The fourth-order valence-electron chi connectivity index (χ4n) is 2.95. The lowest BCUT2D eigenvalue weighted by Crippen LogP contribution is -2.24. The van der Waals surface area contributed by atoms with E-state index in [1.165, 1.54) is 17.3 Å². The number of anilines is 2. The zero-order chi connectivity index (χ0) is 19.2. The lowest BCUT2D eigenvalue weighted by Gasteiger charge is -2.22. The third-order valence-corrected chi connectivity index (χ3v) is 4.31. The molecule has 0 aliphatic rings. The molecule has 0 bridgehead atoms. The zero-order valence-corrected chi connectivity index (χ0v) is 15.9. The summed E-state index contributed by atoms with van der Waals surface area (Å²) in [5.74, 6) is 0.493. The number of aromatic nitrogens is 2. The molecule has 3 rings (SSSR count). The molecule has 3 aromatic rings. The number of nitrogens with zero attached hydrogens (tertiary/aromatic N) is 3. The first-order valence-corrected chi connectivity index (χ1v) is 9.07. The maximum absolute atomic E-state index is 12.3. The molecule has 138 valence electrons. The summed E-state index contributed by atoms with van der Waals surface area (Å²) in [7, 11) is 0. The number of rotatable bonds is 6. The van der Waals surface area contributed by atoms with Crippen LogP contribution in [0.5, 0.6) is 0 Å². The second-order valence-electron chi connectivity index (χ2n) is 6.51. The van der Waals surface area contributed by atoms with Crippen LogP contribution in [-0.4, -0.2) is 22.4 Å². The van der Waals surface area contributed by atoms with Crippen molar-refractivity contribution in [2.75, 3.05) is 11.4 Å². The highest BCUT2D eigenvalue weighted by molar-refractivity contribution is 5.92. The molecular formula is C22H24N4O. The van der Waals surface area contributed by atoms with Crippen LogP contribution in [0, 0.1) is 13.8 Å². The number of aryl methyl sites for hydroxylation is 2. The molecule has 0 aliphatic carbocycles. The topological polar surface area (TPSA) is 58.1 Å². The van der Waals surface area contributed by atoms with Crippen LogP contribution in [0.25, 0.3) is 0 Å². The van der Waals surface area contributed by atoms with Gasteiger partial charge in [0.1, 0.15) is 5.69 Å². The average Bonchev–Trinajstić information content (AvgIpc) is 2.67. The molecule has 0 aliphatic heterocycles. The van der Waals surface area contributed by atoms with E-state index in [-0.39, 0.29) is 5.91 Å². The van der Waals surface area contributed by atoms with Gasteiger partial charge in [0.2, 0.25) is 0 Å². The van der Waals surface area contributed by atoms with Gasteiger partial charge in [0, 0.05) is 18.8 Å². The van der Waals surface area contributed by atoms with Crippen LogP contribution in [0.1, 0.15) is 34.1 Å². The number of carbonyl (C=O) groups is 1. The summed E-state index contributed by atoms with van der Waals surface area (Å²) in [6, 6.07) is 16.3. The summed E-state index contributed by atoms with van der Waals surface area (Å²) in [5.41, 5.74) is 4.78. The lowest BCUT2D eigenvalue weighted by atomic mass is 10.1. The molecule has 2 aromatic carbocycles. The predicted molar refractivity (Wildman–Crippen MR) is 108 cm³/mol. The summed E-state index contributed by atoms with van der Waals surface area (Å²) >= 11 is 0. The van der Waals surface area contributed by atoms with Crippen LogP contribution in [0.3, 0.4) is 0 Å². The minimum absolute atomic E-state index is 0.228. The largest absolute Gasteiger partial charge is 0.347 e. The summed E-state index contributed by atoms with van der Waals surface area (Å²) in [6.45, 7) is 7.38. The maximum Gasteiger partial charge on any atom is 0.271 e. The number of hydrogen-bond donors (Lipinski definition) is 1. The minimum Gasteiger partial charge on any atom is -0.347 e. The fraction of sp³-hybridized carbons (Fsp3) is 0.227. The number of nitrogens with one attached hydrogen (secondary N) is 1. The Balaban J connectivity index is 1.69. The molecule has 0 unspecified atom stereocenters. The molecule has 1 N–H and O–H groups in total. The first kappa shape index (κ1) is 18.6. The molecule has 1 heterocycles. The Bertz CT molecular complexity index is 922. The SMILES string of the molecule is CCN(c1cccc(C)c1)c1cnc(C(=O)NCc2cccc(C)c2)cn1. The molecule has 1 amide bonds. The second-order valence-corrected chi connectivity index (χ2v) is 6.51. The van der Waals surface area contributed by atoms with E-state index in [0.29, 0.717) is 12.2 Å². The van der Waals surface area contributed by atoms with Gasteiger partial charge in [0.15, 0.2) is 5.82 Å². The minimum atomic E-state index is -0.228. The van der Waals surface area contributed by atoms with Gasteiger partial charge in [-0.3, -0.25) is 4.79 Å². The van der Waals surface area contributed by atoms with Crippen LogP contribution in [0.4, 0.5) is 11.5 Å². The van der Waals surface area contributed by atoms with Gasteiger partial charge in [-0.2, -0.15) is 0 Å². The van der Waals surface area contributed by atoms with E-state index >= 15 is 0 Å². The van der Waals surface area contributed by atoms with Crippen LogP contribution in [0.15, 0.2) is 60.9 Å². The van der Waals surface area contributed by atoms with E-state index in [2.05, 4.69) is 52.2 Å². The Labute approximate surface area is 160 Å². The summed E-state index contributed by atoms with van der Waals surface area (Å²) in [5, 5.41) is 2.89. The van der Waals surface area contributed by atoms with Gasteiger partial charge in [0.25, 0.3) is 5.91 Å². The highest BCUT2D eigenvalue weighted by atomic mass is 16.1. The molecule has 0 saturated carbocycles. The Morgan fingerprint density at radius 2 is 1.74 bits per heavy atom. The van der Waals surface area contributed by atoms with Crippen molar-refractivity contribution in [2.24, 2.45) is 0 Å². The summed E-state index contributed by atoms with van der Waals surface area (Å²) < 4.78 is 0. The highest BCUT2D eigenvalue weighted by Gasteiger charge is 2.12. The van der Waals surface area contributed by atoms with Crippen LogP contribution in [-0.2, 0) is 6.54 Å². The third kappa shape index (κ3) is 4.70. The van der Waals surface area contributed by atoms with E-state index in [4.69, 9.17) is 0 Å². The average molecular weight is 360 g/mol. The number of carbonyl (C=O) groups excluding carboxylic acids is 1. The van der Waals surface area contributed by atoms with Crippen molar-refractivity contribution in [2.45, 2.75) is 27.3 Å². The monoisotopic (exact) mass is 360 g/mol. The van der Waals surface area contributed by atoms with Crippen LogP contribution >= 0.6 is 0 Å². The second kappa shape index (κ2) is 8.45. The molecule has 0 fully saturated rings. The van der Waals surface area contributed by atoms with Gasteiger partial charge in [-0.1, -0.05) is 42.0 Å². The fourth-order valence-corrected chi connectivity index (χ4v) is 2.95. The van der Waals surface area contributed by atoms with Crippen molar-refractivity contribution in [3.05, 3.63) is 83.3 Å². The molecule has 27 heavy (non-hydrogen) atoms. The van der Waals surface area contributed by atoms with E-state index in [1.807, 2.05) is 37.3 Å². The molecule has 5 heteroatoms. The van der Waals surface area contributed by atoms with Gasteiger partial charge in [-0.05, 0) is 44.0 Å². The van der Waals surface area contributed by atoms with Gasteiger partial charge in [-0.25, -0.2) is 9.97 Å². The molecule has 0 atom stereocenters. The van der Waals surface area contributed by atoms with Crippen molar-refractivity contribution in [1.29, 1.82) is 0 Å². The molecule has 0 saturated heterocycles. The normalized spacial score (nSPS) is 10.5. The van der Waals surface area contributed by atoms with E-state index in [9.17, 15) is 4.79 Å². The Kier molecular flexibility index (Phi) is 5.81. The first-order valence-electron chi connectivity index (χ1n) is 9.07. The van der Waals surface area contributed by atoms with Crippen molar-refractivity contribution in [3.63, 3.8) is 0 Å². The van der Waals surface area contributed by atoms with Crippen molar-refractivity contribution in [3.8, 4) is 0 Å². The number of hydrogen-bond acceptors (Lipinski definition) is 4. The van der Waals surface area contributed by atoms with Crippen molar-refractivity contribution in [1.82, 2.24) is 15.3 Å². The number of benzene rings is 2. The zero-order valence-electron chi connectivity index (χ0n) is 15.9. The molecule has 5 nitrogen and oxygen atoms in total. The first-order chi connectivity index (χ1) is 13.1. The Morgan fingerprint density at radius 3 is 2.37 bits per heavy atom. The van der Waals surface area contributed by atoms with E-state index < -0.39 is 0 Å². The Morgan fingerprint density at radius 1 is 1.00 bits per heavy atom. The van der Waals surface area contributed by atoms with E-state index in [0.717, 1.165) is 23.6 Å². The quantitative estimate of drug-likeness (QED) is 0.716. The molecular weight excluding hydrogens is 336 g/mol. The van der Waals surface area contributed by atoms with Crippen molar-refractivity contribution >= 4 is 17.4 Å². The standard InChI is InChI=1S/C22H24N4O/c1-4-26(19-10-6-8-17(3)12-19)21-15-23-20(14-24-21)22(27)25-13-18-9-5-7-16(2)11-18/h5-12,14-15H,4,13H2,1-3H3,(H,25,27). The molecule has 0 spiro atoms. The molecule has 1 aromatic heterocycles. The van der Waals surface area contributed by atoms with E-state index in [1.54, 1.807) is 6.20 Å². The maximum atomic E-state index is 12.3. The predicted octanol–water partition coefficient (Wildman–Crippen LogP) is 4.18. The molecule has 0 radical (unpaired) electrons. The highest BCUT2D eigenvalue weighted by Crippen LogP contribution is 2.23. The van der Waals surface area contributed by atoms with Crippen LogP contribution < -0.4 is 10.2 Å². The van der Waals surface area contributed by atoms with Gasteiger partial charge < -0.3 is 10.2 Å². The number of amides is 1. The van der Waals surface area contributed by atoms with Gasteiger partial charge in [-0.15, -0.1) is 0 Å². The van der Waals surface area contributed by atoms with Crippen LogP contribution in [0.2, 0.25) is 0 Å². The van der Waals surface area contributed by atoms with Gasteiger partial charge >= 0.3 is 0 Å². The third-order valence-electron chi connectivity index (χ3n) is 4.31. The Hall–Kier alpha value is -3.21. The van der Waals surface area contributed by atoms with Crippen molar-refractivity contribution < 1.29 is 4.79 Å². The smallest absolute Gasteiger partial charge is 0.271 e.